The van der Waals surface area contributed by atoms with Crippen LogP contribution in [0.1, 0.15) is 46.4 Å². The van der Waals surface area contributed by atoms with Crippen LogP contribution in [-0.4, -0.2) is 22.8 Å². The fourth-order valence-corrected chi connectivity index (χ4v) is 2.80. The Balaban J connectivity index is 1.69. The summed E-state index contributed by atoms with van der Waals surface area (Å²) in [5.41, 5.74) is 0.938. The van der Waals surface area contributed by atoms with Crippen molar-refractivity contribution < 1.29 is 14.0 Å². The highest BCUT2D eigenvalue weighted by molar-refractivity contribution is 6.05. The molecule has 0 saturated heterocycles. The highest BCUT2D eigenvalue weighted by Gasteiger charge is 2.19. The number of carbonyl (C=O) groups excluding carboxylic acids is 2. The van der Waals surface area contributed by atoms with E-state index in [0.717, 1.165) is 25.7 Å². The van der Waals surface area contributed by atoms with Gasteiger partial charge in [0.1, 0.15) is 5.82 Å². The molecule has 0 aliphatic heterocycles. The number of carbonyl (C=O) groups is 2. The van der Waals surface area contributed by atoms with E-state index < -0.39 is 11.7 Å². The summed E-state index contributed by atoms with van der Waals surface area (Å²) in [5, 5.41) is 5.55. The van der Waals surface area contributed by atoms with Gasteiger partial charge in [-0.05, 0) is 37.1 Å². The van der Waals surface area contributed by atoms with E-state index in [0.29, 0.717) is 11.3 Å². The van der Waals surface area contributed by atoms with Crippen LogP contribution in [0, 0.1) is 5.82 Å². The van der Waals surface area contributed by atoms with Crippen LogP contribution in [0.4, 0.5) is 10.1 Å². The lowest BCUT2D eigenvalue weighted by Gasteiger charge is -2.12. The molecule has 2 amide bonds. The van der Waals surface area contributed by atoms with Crippen molar-refractivity contribution in [3.63, 3.8) is 0 Å². The van der Waals surface area contributed by atoms with E-state index in [9.17, 15) is 14.0 Å². The molecule has 5 nitrogen and oxygen atoms in total. The molecule has 0 atom stereocenters. The third kappa shape index (κ3) is 3.95. The van der Waals surface area contributed by atoms with E-state index in [2.05, 4.69) is 15.6 Å². The number of rotatable bonds is 4. The second kappa shape index (κ2) is 7.21. The normalized spacial score (nSPS) is 14.4. The maximum atomic E-state index is 13.2. The zero-order valence-corrected chi connectivity index (χ0v) is 13.1. The molecule has 0 bridgehead atoms. The summed E-state index contributed by atoms with van der Waals surface area (Å²) in [6.07, 6.45) is 7.03. The molecule has 2 N–H and O–H groups in total. The van der Waals surface area contributed by atoms with Gasteiger partial charge < -0.3 is 10.6 Å². The van der Waals surface area contributed by atoms with Crippen molar-refractivity contribution in [1.29, 1.82) is 0 Å². The zero-order valence-electron chi connectivity index (χ0n) is 13.1. The molecule has 0 unspecified atom stereocenters. The fourth-order valence-electron chi connectivity index (χ4n) is 2.80. The summed E-state index contributed by atoms with van der Waals surface area (Å²) in [4.78, 5) is 28.5. The molecule has 1 heterocycles. The zero-order chi connectivity index (χ0) is 16.9. The number of aromatic nitrogens is 1. The summed E-state index contributed by atoms with van der Waals surface area (Å²) < 4.78 is 13.2. The molecule has 1 aromatic heterocycles. The van der Waals surface area contributed by atoms with Crippen molar-refractivity contribution in [2.24, 2.45) is 0 Å². The summed E-state index contributed by atoms with van der Waals surface area (Å²) in [5.74, 6) is -1.10. The number of hydrogen-bond acceptors (Lipinski definition) is 3. The molecule has 124 valence electrons. The van der Waals surface area contributed by atoms with Gasteiger partial charge in [0.25, 0.3) is 11.8 Å². The van der Waals surface area contributed by atoms with Crippen molar-refractivity contribution in [1.82, 2.24) is 10.3 Å². The number of pyridine rings is 1. The largest absolute Gasteiger partial charge is 0.349 e. The summed E-state index contributed by atoms with van der Waals surface area (Å²) in [7, 11) is 0. The van der Waals surface area contributed by atoms with Crippen LogP contribution in [0.5, 0.6) is 0 Å². The van der Waals surface area contributed by atoms with Gasteiger partial charge in [-0.15, -0.1) is 0 Å². The van der Waals surface area contributed by atoms with E-state index in [-0.39, 0.29) is 17.5 Å². The molecule has 1 aromatic carbocycles. The molecule has 1 aliphatic carbocycles. The van der Waals surface area contributed by atoms with Crippen LogP contribution in [-0.2, 0) is 0 Å². The van der Waals surface area contributed by atoms with Crippen LogP contribution in [0.25, 0.3) is 0 Å². The highest BCUT2D eigenvalue weighted by atomic mass is 19.1. The number of amides is 2. The SMILES string of the molecule is O=C(Nc1cccc(F)c1)c1cncc(C(=O)NC2CCCC2)c1. The predicted octanol–water partition coefficient (Wildman–Crippen LogP) is 3.15. The monoisotopic (exact) mass is 327 g/mol. The lowest BCUT2D eigenvalue weighted by atomic mass is 10.1. The Labute approximate surface area is 139 Å². The fraction of sp³-hybridized carbons (Fsp3) is 0.278. The molecule has 1 aliphatic rings. The van der Waals surface area contributed by atoms with E-state index in [4.69, 9.17) is 0 Å². The maximum absolute atomic E-state index is 13.2. The Kier molecular flexibility index (Phi) is 4.84. The lowest BCUT2D eigenvalue weighted by Crippen LogP contribution is -2.32. The third-order valence-electron chi connectivity index (χ3n) is 4.04. The van der Waals surface area contributed by atoms with Crippen LogP contribution in [0.15, 0.2) is 42.7 Å². The number of anilines is 1. The number of halogens is 1. The van der Waals surface area contributed by atoms with E-state index >= 15 is 0 Å². The average Bonchev–Trinajstić information content (AvgIpc) is 3.08. The third-order valence-corrected chi connectivity index (χ3v) is 4.04. The number of nitrogens with one attached hydrogen (secondary N) is 2. The van der Waals surface area contributed by atoms with Gasteiger partial charge in [0.15, 0.2) is 0 Å². The van der Waals surface area contributed by atoms with Crippen LogP contribution in [0.3, 0.4) is 0 Å². The molecule has 0 spiro atoms. The van der Waals surface area contributed by atoms with Gasteiger partial charge in [-0.25, -0.2) is 4.39 Å². The molecular formula is C18H18FN3O2. The number of benzene rings is 1. The smallest absolute Gasteiger partial charge is 0.257 e. The van der Waals surface area contributed by atoms with Crippen LogP contribution >= 0.6 is 0 Å². The molecule has 1 fully saturated rings. The first-order valence-corrected chi connectivity index (χ1v) is 7.94. The van der Waals surface area contributed by atoms with Gasteiger partial charge in [-0.1, -0.05) is 18.9 Å². The average molecular weight is 327 g/mol. The van der Waals surface area contributed by atoms with Crippen molar-refractivity contribution >= 4 is 17.5 Å². The molecule has 24 heavy (non-hydrogen) atoms. The van der Waals surface area contributed by atoms with Crippen molar-refractivity contribution in [2.45, 2.75) is 31.7 Å². The lowest BCUT2D eigenvalue weighted by molar-refractivity contribution is 0.0937. The predicted molar refractivity (Wildman–Crippen MR) is 88.3 cm³/mol. The van der Waals surface area contributed by atoms with E-state index in [1.165, 1.54) is 36.7 Å². The number of nitrogens with zero attached hydrogens (tertiary/aromatic N) is 1. The van der Waals surface area contributed by atoms with Gasteiger partial charge in [0.2, 0.25) is 0 Å². The highest BCUT2D eigenvalue weighted by Crippen LogP contribution is 2.18. The minimum Gasteiger partial charge on any atom is -0.349 e. The standard InChI is InChI=1S/C18H18FN3O2/c19-14-4-3-7-16(9-14)22-18(24)13-8-12(10-20-11-13)17(23)21-15-5-1-2-6-15/h3-4,7-11,15H,1-2,5-6H2,(H,21,23)(H,22,24). The van der Waals surface area contributed by atoms with Gasteiger partial charge in [-0.2, -0.15) is 0 Å². The second-order valence-corrected chi connectivity index (χ2v) is 5.88. The van der Waals surface area contributed by atoms with Gasteiger partial charge in [0, 0.05) is 24.1 Å². The van der Waals surface area contributed by atoms with Gasteiger partial charge in [0.05, 0.1) is 11.1 Å². The van der Waals surface area contributed by atoms with E-state index in [1.807, 2.05) is 0 Å². The Morgan fingerprint density at radius 3 is 2.46 bits per heavy atom. The van der Waals surface area contributed by atoms with Gasteiger partial charge in [-0.3, -0.25) is 14.6 Å². The van der Waals surface area contributed by atoms with Crippen LogP contribution in [0.2, 0.25) is 0 Å². The quantitative estimate of drug-likeness (QED) is 0.906. The first-order chi connectivity index (χ1) is 11.6. The summed E-state index contributed by atoms with van der Waals surface area (Å²) >= 11 is 0. The topological polar surface area (TPSA) is 71.1 Å². The Hall–Kier alpha value is -2.76. The first kappa shape index (κ1) is 16.1. The minimum absolute atomic E-state index is 0.197. The maximum Gasteiger partial charge on any atom is 0.257 e. The molecule has 0 radical (unpaired) electrons. The first-order valence-electron chi connectivity index (χ1n) is 7.94. The molecular weight excluding hydrogens is 309 g/mol. The van der Waals surface area contributed by atoms with Crippen molar-refractivity contribution in [2.75, 3.05) is 5.32 Å². The minimum atomic E-state index is -0.441. The van der Waals surface area contributed by atoms with E-state index in [1.54, 1.807) is 6.07 Å². The Morgan fingerprint density at radius 1 is 1.04 bits per heavy atom. The molecule has 2 aromatic rings. The van der Waals surface area contributed by atoms with Gasteiger partial charge >= 0.3 is 0 Å². The van der Waals surface area contributed by atoms with Crippen LogP contribution < -0.4 is 10.6 Å². The van der Waals surface area contributed by atoms with Crippen molar-refractivity contribution in [3.05, 3.63) is 59.7 Å². The summed E-state index contributed by atoms with van der Waals surface area (Å²) in [6.45, 7) is 0. The molecule has 3 rings (SSSR count). The summed E-state index contributed by atoms with van der Waals surface area (Å²) in [6, 6.07) is 7.31. The Bertz CT molecular complexity index is 757. The number of hydrogen-bond donors (Lipinski definition) is 2. The molecule has 6 heteroatoms. The Morgan fingerprint density at radius 2 is 1.75 bits per heavy atom. The van der Waals surface area contributed by atoms with Crippen molar-refractivity contribution in [3.8, 4) is 0 Å². The molecule has 1 saturated carbocycles. The second-order valence-electron chi connectivity index (χ2n) is 5.88.